The largest absolute Gasteiger partial charge is 0.392 e. The van der Waals surface area contributed by atoms with E-state index in [0.29, 0.717) is 6.42 Å². The topological polar surface area (TPSA) is 43.4 Å². The third kappa shape index (κ3) is 0.902. The van der Waals surface area contributed by atoms with E-state index >= 15 is 0 Å². The summed E-state index contributed by atoms with van der Waals surface area (Å²) >= 11 is 0. The number of aryl methyl sites for hydroxylation is 1. The molecule has 2 atom stereocenters. The zero-order valence-electron chi connectivity index (χ0n) is 8.32. The zero-order valence-corrected chi connectivity index (χ0v) is 8.32. The summed E-state index contributed by atoms with van der Waals surface area (Å²) in [7, 11) is 0. The van der Waals surface area contributed by atoms with Gasteiger partial charge < -0.3 is 4.74 Å². The summed E-state index contributed by atoms with van der Waals surface area (Å²) in [5.41, 5.74) is 1.36. The number of fused-ring (bicyclic) bond motifs is 1. The van der Waals surface area contributed by atoms with Crippen molar-refractivity contribution >= 4 is 11.9 Å². The molecular formula is C12H10O3. The lowest BCUT2D eigenvalue weighted by Gasteiger charge is -2.11. The molecule has 1 saturated carbocycles. The van der Waals surface area contributed by atoms with Crippen LogP contribution in [0, 0.1) is 12.8 Å². The lowest BCUT2D eigenvalue weighted by atomic mass is 9.91. The number of esters is 2. The Kier molecular flexibility index (Phi) is 1.43. The molecule has 2 unspecified atom stereocenters. The van der Waals surface area contributed by atoms with Gasteiger partial charge in [0.25, 0.3) is 0 Å². The predicted molar refractivity (Wildman–Crippen MR) is 52.1 cm³/mol. The second-order valence-electron chi connectivity index (χ2n) is 4.25. The quantitative estimate of drug-likeness (QED) is 0.509. The van der Waals surface area contributed by atoms with E-state index in [9.17, 15) is 9.59 Å². The van der Waals surface area contributed by atoms with Crippen LogP contribution >= 0.6 is 0 Å². The van der Waals surface area contributed by atoms with Crippen molar-refractivity contribution in [1.29, 1.82) is 0 Å². The molecule has 2 fully saturated rings. The minimum absolute atomic E-state index is 0.230. The monoisotopic (exact) mass is 202 g/mol. The first-order valence-corrected chi connectivity index (χ1v) is 4.98. The minimum Gasteiger partial charge on any atom is -0.392 e. The molecule has 0 bridgehead atoms. The highest BCUT2D eigenvalue weighted by Crippen LogP contribution is 2.60. The van der Waals surface area contributed by atoms with Crippen LogP contribution in [0.25, 0.3) is 0 Å². The average Bonchev–Trinajstić information content (AvgIpc) is 2.89. The van der Waals surface area contributed by atoms with Gasteiger partial charge in [-0.05, 0) is 24.5 Å². The Bertz CT molecular complexity index is 478. The summed E-state index contributed by atoms with van der Waals surface area (Å²) in [6, 6.07) is 7.68. The fraction of sp³-hybridized carbons (Fsp3) is 0.333. The molecule has 76 valence electrons. The molecule has 0 radical (unpaired) electrons. The molecule has 3 heteroatoms. The van der Waals surface area contributed by atoms with Crippen LogP contribution in [0.4, 0.5) is 0 Å². The molecule has 1 saturated heterocycles. The molecule has 1 heterocycles. The Hall–Kier alpha value is -1.64. The Morgan fingerprint density at radius 1 is 1.33 bits per heavy atom. The summed E-state index contributed by atoms with van der Waals surface area (Å²) in [6.45, 7) is 1.95. The van der Waals surface area contributed by atoms with Gasteiger partial charge in [0.05, 0.1) is 5.92 Å². The summed E-state index contributed by atoms with van der Waals surface area (Å²) < 4.78 is 4.66. The molecule has 15 heavy (non-hydrogen) atoms. The van der Waals surface area contributed by atoms with Gasteiger partial charge in [-0.25, -0.2) is 0 Å². The van der Waals surface area contributed by atoms with Crippen molar-refractivity contribution in [1.82, 2.24) is 0 Å². The Labute approximate surface area is 87.0 Å². The van der Waals surface area contributed by atoms with E-state index in [1.165, 1.54) is 0 Å². The number of ether oxygens (including phenoxy) is 1. The van der Waals surface area contributed by atoms with Gasteiger partial charge in [0.2, 0.25) is 0 Å². The molecule has 2 aliphatic rings. The summed E-state index contributed by atoms with van der Waals surface area (Å²) in [6.07, 6.45) is 0.621. The average molecular weight is 202 g/mol. The van der Waals surface area contributed by atoms with Crippen LogP contribution in [0.5, 0.6) is 0 Å². The first kappa shape index (κ1) is 8.65. The lowest BCUT2D eigenvalue weighted by Crippen LogP contribution is -2.19. The number of cyclic esters (lactones) is 2. The van der Waals surface area contributed by atoms with Crippen molar-refractivity contribution in [3.63, 3.8) is 0 Å². The predicted octanol–water partition coefficient (Wildman–Crippen LogP) is 1.34. The molecule has 0 aromatic heterocycles. The van der Waals surface area contributed by atoms with Gasteiger partial charge in [0, 0.05) is 0 Å². The number of hydrogen-bond donors (Lipinski definition) is 0. The van der Waals surface area contributed by atoms with Gasteiger partial charge in [-0.2, -0.15) is 0 Å². The first-order valence-electron chi connectivity index (χ1n) is 4.98. The van der Waals surface area contributed by atoms with Gasteiger partial charge in [0.15, 0.2) is 0 Å². The van der Waals surface area contributed by atoms with Crippen LogP contribution in [0.3, 0.4) is 0 Å². The molecule has 1 aromatic rings. The number of carbonyl (C=O) groups is 2. The molecule has 0 amide bonds. The summed E-state index contributed by atoms with van der Waals surface area (Å²) in [5, 5.41) is 0. The van der Waals surface area contributed by atoms with E-state index in [-0.39, 0.29) is 17.9 Å². The van der Waals surface area contributed by atoms with Crippen molar-refractivity contribution in [2.75, 3.05) is 0 Å². The van der Waals surface area contributed by atoms with Gasteiger partial charge >= 0.3 is 11.9 Å². The van der Waals surface area contributed by atoms with Crippen LogP contribution in [0.15, 0.2) is 24.3 Å². The lowest BCUT2D eigenvalue weighted by molar-refractivity contribution is -0.155. The molecule has 1 aromatic carbocycles. The Balaban J connectivity index is 2.14. The third-order valence-corrected chi connectivity index (χ3v) is 3.43. The summed E-state index contributed by atoms with van der Waals surface area (Å²) in [5.74, 6) is -0.957. The van der Waals surface area contributed by atoms with E-state index in [0.717, 1.165) is 11.1 Å². The van der Waals surface area contributed by atoms with Crippen molar-refractivity contribution in [2.45, 2.75) is 18.8 Å². The number of carbonyl (C=O) groups excluding carboxylic acids is 2. The third-order valence-electron chi connectivity index (χ3n) is 3.43. The van der Waals surface area contributed by atoms with E-state index in [2.05, 4.69) is 4.74 Å². The van der Waals surface area contributed by atoms with Gasteiger partial charge in [-0.15, -0.1) is 0 Å². The fourth-order valence-corrected chi connectivity index (χ4v) is 2.51. The van der Waals surface area contributed by atoms with E-state index in [4.69, 9.17) is 0 Å². The maximum absolute atomic E-state index is 11.7. The van der Waals surface area contributed by atoms with Crippen molar-refractivity contribution < 1.29 is 14.3 Å². The van der Waals surface area contributed by atoms with Crippen LogP contribution in [-0.2, 0) is 19.7 Å². The molecule has 1 aliphatic heterocycles. The van der Waals surface area contributed by atoms with Crippen molar-refractivity contribution in [3.05, 3.63) is 35.4 Å². The normalized spacial score (nSPS) is 32.5. The Morgan fingerprint density at radius 2 is 2.07 bits per heavy atom. The van der Waals surface area contributed by atoms with Crippen LogP contribution in [-0.4, -0.2) is 11.9 Å². The first-order chi connectivity index (χ1) is 7.16. The smallest absolute Gasteiger partial charge is 0.325 e. The summed E-state index contributed by atoms with van der Waals surface area (Å²) in [4.78, 5) is 22.9. The molecule has 0 N–H and O–H groups in total. The molecule has 3 rings (SSSR count). The van der Waals surface area contributed by atoms with E-state index in [1.54, 1.807) is 0 Å². The maximum Gasteiger partial charge on any atom is 0.325 e. The van der Waals surface area contributed by atoms with Crippen LogP contribution in [0.2, 0.25) is 0 Å². The number of hydrogen-bond acceptors (Lipinski definition) is 3. The van der Waals surface area contributed by atoms with E-state index < -0.39 is 5.41 Å². The standard InChI is InChI=1S/C12H10O3/c1-7-4-2-3-5-8(7)12-6-9(12)10(13)15-11(12)14/h2-5,9H,6H2,1H3. The SMILES string of the molecule is Cc1ccccc1C12CC1C(=O)OC2=O. The number of benzene rings is 1. The highest BCUT2D eigenvalue weighted by Gasteiger charge is 2.72. The zero-order chi connectivity index (χ0) is 10.6. The number of rotatable bonds is 1. The highest BCUT2D eigenvalue weighted by atomic mass is 16.6. The highest BCUT2D eigenvalue weighted by molar-refractivity contribution is 6.08. The van der Waals surface area contributed by atoms with Gasteiger partial charge in [-0.1, -0.05) is 24.3 Å². The molecule has 1 aliphatic carbocycles. The minimum atomic E-state index is -0.636. The van der Waals surface area contributed by atoms with Gasteiger partial charge in [-0.3, -0.25) is 9.59 Å². The second-order valence-corrected chi connectivity index (χ2v) is 4.25. The Morgan fingerprint density at radius 3 is 2.60 bits per heavy atom. The molecule has 0 spiro atoms. The maximum atomic E-state index is 11.7. The van der Waals surface area contributed by atoms with Crippen LogP contribution < -0.4 is 0 Å². The van der Waals surface area contributed by atoms with Crippen molar-refractivity contribution in [2.24, 2.45) is 5.92 Å². The molecule has 3 nitrogen and oxygen atoms in total. The van der Waals surface area contributed by atoms with Gasteiger partial charge in [0.1, 0.15) is 5.41 Å². The van der Waals surface area contributed by atoms with Crippen molar-refractivity contribution in [3.8, 4) is 0 Å². The van der Waals surface area contributed by atoms with E-state index in [1.807, 2.05) is 31.2 Å². The van der Waals surface area contributed by atoms with Crippen LogP contribution in [0.1, 0.15) is 17.5 Å². The fourth-order valence-electron chi connectivity index (χ4n) is 2.51. The molecular weight excluding hydrogens is 192 g/mol. The second kappa shape index (κ2) is 2.48.